The lowest BCUT2D eigenvalue weighted by atomic mass is 9.78. The Bertz CT molecular complexity index is 519. The van der Waals surface area contributed by atoms with E-state index in [2.05, 4.69) is 4.90 Å². The van der Waals surface area contributed by atoms with Crippen LogP contribution in [0.3, 0.4) is 0 Å². The molecule has 1 unspecified atom stereocenters. The molecule has 1 aromatic rings. The number of hydrogen-bond donors (Lipinski definition) is 0. The van der Waals surface area contributed by atoms with Gasteiger partial charge in [-0.3, -0.25) is 4.79 Å². The fraction of sp³-hybridized carbons (Fsp3) is 0.632. The van der Waals surface area contributed by atoms with E-state index in [0.29, 0.717) is 5.91 Å². The number of carbonyl (C=O) groups excluding carboxylic acids is 1. The van der Waals surface area contributed by atoms with Gasteiger partial charge in [0.25, 0.3) is 0 Å². The Morgan fingerprint density at radius 2 is 1.96 bits per heavy atom. The molecule has 23 heavy (non-hydrogen) atoms. The normalized spacial score (nSPS) is 25.3. The number of piperidine rings is 1. The topological polar surface area (TPSA) is 32.8 Å². The van der Waals surface area contributed by atoms with Crippen LogP contribution in [0.15, 0.2) is 30.3 Å². The van der Waals surface area contributed by atoms with Crippen LogP contribution in [0.5, 0.6) is 5.75 Å². The van der Waals surface area contributed by atoms with Gasteiger partial charge in [0.2, 0.25) is 5.91 Å². The lowest BCUT2D eigenvalue weighted by molar-refractivity contribution is -0.143. The molecule has 1 atom stereocenters. The number of nitrogens with zero attached hydrogens (tertiary/aromatic N) is 2. The van der Waals surface area contributed by atoms with Crippen molar-refractivity contribution < 1.29 is 9.53 Å². The summed E-state index contributed by atoms with van der Waals surface area (Å²) in [6, 6.07) is 9.99. The van der Waals surface area contributed by atoms with Crippen LogP contribution in [0.25, 0.3) is 0 Å². The first-order valence-corrected chi connectivity index (χ1v) is 8.85. The zero-order chi connectivity index (χ0) is 16.1. The van der Waals surface area contributed by atoms with E-state index in [1.54, 1.807) is 0 Å². The number of para-hydroxylation sites is 1. The molecular weight excluding hydrogens is 288 g/mol. The van der Waals surface area contributed by atoms with Gasteiger partial charge in [-0.05, 0) is 57.3 Å². The lowest BCUT2D eigenvalue weighted by Crippen LogP contribution is -2.48. The molecule has 126 valence electrons. The summed E-state index contributed by atoms with van der Waals surface area (Å²) in [6.45, 7) is 4.80. The Hall–Kier alpha value is -1.55. The van der Waals surface area contributed by atoms with Crippen molar-refractivity contribution in [3.8, 4) is 5.75 Å². The Balaban J connectivity index is 1.36. The van der Waals surface area contributed by atoms with Crippen molar-refractivity contribution in [2.24, 2.45) is 5.41 Å². The van der Waals surface area contributed by atoms with Crippen molar-refractivity contribution in [1.82, 2.24) is 9.80 Å². The molecule has 1 spiro atoms. The summed E-state index contributed by atoms with van der Waals surface area (Å²) in [5.74, 6) is 1.32. The second-order valence-electron chi connectivity index (χ2n) is 7.01. The van der Waals surface area contributed by atoms with E-state index in [1.807, 2.05) is 42.3 Å². The van der Waals surface area contributed by atoms with Crippen LogP contribution in [-0.2, 0) is 4.79 Å². The number of amides is 1. The Morgan fingerprint density at radius 1 is 1.13 bits per heavy atom. The van der Waals surface area contributed by atoms with Gasteiger partial charge in [-0.15, -0.1) is 0 Å². The van der Waals surface area contributed by atoms with E-state index in [1.165, 1.54) is 0 Å². The van der Waals surface area contributed by atoms with Crippen molar-refractivity contribution >= 4 is 5.91 Å². The number of likely N-dealkylation sites (tertiary alicyclic amines) is 2. The molecular formula is C19H28N2O2. The molecule has 2 aliphatic rings. The maximum atomic E-state index is 12.5. The Kier molecular flexibility index (Phi) is 5.21. The summed E-state index contributed by atoms with van der Waals surface area (Å²) in [5, 5.41) is 0. The van der Waals surface area contributed by atoms with E-state index in [9.17, 15) is 4.79 Å². The third-order valence-corrected chi connectivity index (χ3v) is 5.26. The number of rotatable bonds is 6. The first kappa shape index (κ1) is 16.3. The van der Waals surface area contributed by atoms with Gasteiger partial charge in [-0.25, -0.2) is 0 Å². The van der Waals surface area contributed by atoms with Crippen LogP contribution in [0.4, 0.5) is 0 Å². The monoisotopic (exact) mass is 316 g/mol. The fourth-order valence-corrected chi connectivity index (χ4v) is 3.94. The summed E-state index contributed by atoms with van der Waals surface area (Å²) in [5.41, 5.74) is -0.0759. The van der Waals surface area contributed by atoms with E-state index in [4.69, 9.17) is 4.74 Å². The number of unbranched alkanes of at least 4 members (excludes halogenated alkanes) is 1. The van der Waals surface area contributed by atoms with Gasteiger partial charge in [-0.2, -0.15) is 0 Å². The van der Waals surface area contributed by atoms with E-state index in [-0.39, 0.29) is 5.41 Å². The lowest BCUT2D eigenvalue weighted by Gasteiger charge is -2.37. The van der Waals surface area contributed by atoms with Gasteiger partial charge in [0.05, 0.1) is 12.0 Å². The smallest absolute Gasteiger partial charge is 0.229 e. The highest BCUT2D eigenvalue weighted by atomic mass is 16.5. The number of hydrogen-bond acceptors (Lipinski definition) is 3. The van der Waals surface area contributed by atoms with Crippen molar-refractivity contribution in [2.45, 2.75) is 32.1 Å². The van der Waals surface area contributed by atoms with Gasteiger partial charge in [0, 0.05) is 20.1 Å². The molecule has 0 saturated carbocycles. The van der Waals surface area contributed by atoms with E-state index < -0.39 is 0 Å². The molecule has 0 aliphatic carbocycles. The molecule has 0 aromatic heterocycles. The maximum absolute atomic E-state index is 12.5. The third-order valence-electron chi connectivity index (χ3n) is 5.26. The van der Waals surface area contributed by atoms with Crippen LogP contribution < -0.4 is 4.74 Å². The summed E-state index contributed by atoms with van der Waals surface area (Å²) in [7, 11) is 1.95. The second kappa shape index (κ2) is 7.35. The minimum Gasteiger partial charge on any atom is -0.494 e. The highest BCUT2D eigenvalue weighted by Gasteiger charge is 2.47. The number of ether oxygens (including phenoxy) is 1. The molecule has 0 radical (unpaired) electrons. The number of carbonyl (C=O) groups is 1. The van der Waals surface area contributed by atoms with Crippen LogP contribution in [0.2, 0.25) is 0 Å². The zero-order valence-corrected chi connectivity index (χ0v) is 14.2. The van der Waals surface area contributed by atoms with Gasteiger partial charge >= 0.3 is 0 Å². The van der Waals surface area contributed by atoms with Gasteiger partial charge < -0.3 is 14.5 Å². The SMILES string of the molecule is CN1CCCC2(CCN(CCCCOc3ccccc3)C2)C1=O. The molecule has 1 amide bonds. The van der Waals surface area contributed by atoms with Crippen molar-refractivity contribution in [3.63, 3.8) is 0 Å². The second-order valence-corrected chi connectivity index (χ2v) is 7.01. The molecule has 3 rings (SSSR count). The first-order chi connectivity index (χ1) is 11.2. The minimum absolute atomic E-state index is 0.0759. The van der Waals surface area contributed by atoms with Crippen LogP contribution in [0, 0.1) is 5.41 Å². The Labute approximate surface area is 139 Å². The van der Waals surface area contributed by atoms with Crippen LogP contribution >= 0.6 is 0 Å². The minimum atomic E-state index is -0.0759. The summed E-state index contributed by atoms with van der Waals surface area (Å²) < 4.78 is 5.73. The molecule has 0 bridgehead atoms. The molecule has 0 N–H and O–H groups in total. The van der Waals surface area contributed by atoms with E-state index in [0.717, 1.165) is 70.6 Å². The van der Waals surface area contributed by atoms with Crippen LogP contribution in [-0.4, -0.2) is 55.5 Å². The zero-order valence-electron chi connectivity index (χ0n) is 14.2. The summed E-state index contributed by atoms with van der Waals surface area (Å²) in [4.78, 5) is 16.9. The molecule has 2 aliphatic heterocycles. The Morgan fingerprint density at radius 3 is 2.78 bits per heavy atom. The largest absolute Gasteiger partial charge is 0.494 e. The fourth-order valence-electron chi connectivity index (χ4n) is 3.94. The van der Waals surface area contributed by atoms with Crippen molar-refractivity contribution in [3.05, 3.63) is 30.3 Å². The quantitative estimate of drug-likeness (QED) is 0.757. The molecule has 2 fully saturated rings. The van der Waals surface area contributed by atoms with Gasteiger partial charge in [-0.1, -0.05) is 18.2 Å². The van der Waals surface area contributed by atoms with Crippen LogP contribution in [0.1, 0.15) is 32.1 Å². The number of benzene rings is 1. The average molecular weight is 316 g/mol. The van der Waals surface area contributed by atoms with Crippen molar-refractivity contribution in [2.75, 3.05) is 39.8 Å². The van der Waals surface area contributed by atoms with Crippen molar-refractivity contribution in [1.29, 1.82) is 0 Å². The van der Waals surface area contributed by atoms with E-state index >= 15 is 0 Å². The predicted molar refractivity (Wildman–Crippen MR) is 91.5 cm³/mol. The highest BCUT2D eigenvalue weighted by molar-refractivity contribution is 5.83. The summed E-state index contributed by atoms with van der Waals surface area (Å²) >= 11 is 0. The maximum Gasteiger partial charge on any atom is 0.229 e. The highest BCUT2D eigenvalue weighted by Crippen LogP contribution is 2.39. The molecule has 2 heterocycles. The summed E-state index contributed by atoms with van der Waals surface area (Å²) in [6.07, 6.45) is 5.46. The molecule has 4 nitrogen and oxygen atoms in total. The first-order valence-electron chi connectivity index (χ1n) is 8.85. The standard InChI is InChI=1S/C19H28N2O2/c1-20-12-7-10-19(18(20)22)11-14-21(16-19)13-5-6-15-23-17-8-3-2-4-9-17/h2-4,8-9H,5-7,10-16H2,1H3. The molecule has 2 saturated heterocycles. The predicted octanol–water partition coefficient (Wildman–Crippen LogP) is 2.79. The molecule has 1 aromatic carbocycles. The van der Waals surface area contributed by atoms with Gasteiger partial charge in [0.15, 0.2) is 0 Å². The van der Waals surface area contributed by atoms with Gasteiger partial charge in [0.1, 0.15) is 5.75 Å². The average Bonchev–Trinajstić information content (AvgIpc) is 2.97. The third kappa shape index (κ3) is 3.86. The molecule has 4 heteroatoms.